The number of halogens is 8. The van der Waals surface area contributed by atoms with E-state index in [1.165, 1.54) is 0 Å². The predicted molar refractivity (Wildman–Crippen MR) is 67.5 cm³/mol. The van der Waals surface area contributed by atoms with Gasteiger partial charge in [0, 0.05) is 12.5 Å². The Hall–Kier alpha value is -1.22. The van der Waals surface area contributed by atoms with E-state index in [1.54, 1.807) is 0 Å². The van der Waals surface area contributed by atoms with Crippen LogP contribution in [0.15, 0.2) is 24.3 Å². The van der Waals surface area contributed by atoms with Crippen LogP contribution in [0, 0.1) is 0 Å². The SMILES string of the molecule is Cl.N[C@H](CCC(F)(F)F)c1ccc(OC(F)(F)C(F)F)cc1. The fourth-order valence-electron chi connectivity index (χ4n) is 1.47. The van der Waals surface area contributed by atoms with Gasteiger partial charge in [-0.25, -0.2) is 0 Å². The van der Waals surface area contributed by atoms with Crippen LogP contribution < -0.4 is 10.5 Å². The molecule has 0 aliphatic carbocycles. The second kappa shape index (κ2) is 7.87. The van der Waals surface area contributed by atoms with Crippen LogP contribution in [0.1, 0.15) is 24.4 Å². The largest absolute Gasteiger partial charge is 0.461 e. The maximum atomic E-state index is 12.6. The highest BCUT2D eigenvalue weighted by Crippen LogP contribution is 2.30. The highest BCUT2D eigenvalue weighted by atomic mass is 35.5. The lowest BCUT2D eigenvalue weighted by atomic mass is 10.0. The highest BCUT2D eigenvalue weighted by Gasteiger charge is 2.43. The van der Waals surface area contributed by atoms with Gasteiger partial charge in [-0.2, -0.15) is 30.7 Å². The molecule has 2 N–H and O–H groups in total. The molecule has 0 spiro atoms. The van der Waals surface area contributed by atoms with Gasteiger partial charge in [0.15, 0.2) is 0 Å². The monoisotopic (exact) mass is 355 g/mol. The molecular formula is C12H13ClF7NO. The summed E-state index contributed by atoms with van der Waals surface area (Å²) >= 11 is 0. The zero-order valence-electron chi connectivity index (χ0n) is 10.9. The van der Waals surface area contributed by atoms with Crippen molar-refractivity contribution >= 4 is 12.4 Å². The maximum absolute atomic E-state index is 12.6. The topological polar surface area (TPSA) is 35.2 Å². The number of rotatable bonds is 6. The molecule has 0 amide bonds. The van der Waals surface area contributed by atoms with Crippen LogP contribution in [0.4, 0.5) is 30.7 Å². The van der Waals surface area contributed by atoms with E-state index in [0.29, 0.717) is 0 Å². The van der Waals surface area contributed by atoms with Crippen LogP contribution >= 0.6 is 12.4 Å². The minimum Gasteiger partial charge on any atom is -0.428 e. The van der Waals surface area contributed by atoms with Crippen LogP contribution in [0.3, 0.4) is 0 Å². The van der Waals surface area contributed by atoms with Crippen LogP contribution in [0.5, 0.6) is 5.75 Å². The average molecular weight is 356 g/mol. The smallest absolute Gasteiger partial charge is 0.428 e. The molecule has 1 aromatic rings. The minimum absolute atomic E-state index is 0. The molecule has 0 saturated heterocycles. The second-order valence-electron chi connectivity index (χ2n) is 4.29. The van der Waals surface area contributed by atoms with Crippen molar-refractivity contribution in [1.29, 1.82) is 0 Å². The Morgan fingerprint density at radius 3 is 1.91 bits per heavy atom. The molecular weight excluding hydrogens is 343 g/mol. The van der Waals surface area contributed by atoms with Crippen LogP contribution in [0.2, 0.25) is 0 Å². The molecule has 0 aliphatic heterocycles. The van der Waals surface area contributed by atoms with Crippen LogP contribution in [-0.2, 0) is 0 Å². The first-order chi connectivity index (χ1) is 9.51. The first-order valence-electron chi connectivity index (χ1n) is 5.78. The Labute approximate surface area is 127 Å². The van der Waals surface area contributed by atoms with E-state index in [2.05, 4.69) is 4.74 Å². The van der Waals surface area contributed by atoms with Gasteiger partial charge in [-0.05, 0) is 24.1 Å². The number of benzene rings is 1. The summed E-state index contributed by atoms with van der Waals surface area (Å²) in [6.45, 7) is 0. The van der Waals surface area contributed by atoms with E-state index in [0.717, 1.165) is 24.3 Å². The van der Waals surface area contributed by atoms with Crippen molar-refractivity contribution < 1.29 is 35.5 Å². The molecule has 1 aromatic carbocycles. The van der Waals surface area contributed by atoms with Gasteiger partial charge in [-0.3, -0.25) is 0 Å². The van der Waals surface area contributed by atoms with Crippen molar-refractivity contribution in [3.63, 3.8) is 0 Å². The van der Waals surface area contributed by atoms with Crippen molar-refractivity contribution in [2.75, 3.05) is 0 Å². The molecule has 128 valence electrons. The van der Waals surface area contributed by atoms with E-state index in [9.17, 15) is 30.7 Å². The molecule has 0 aliphatic rings. The van der Waals surface area contributed by atoms with Gasteiger partial charge in [0.1, 0.15) is 5.75 Å². The van der Waals surface area contributed by atoms with Crippen molar-refractivity contribution in [3.8, 4) is 5.75 Å². The molecule has 0 heterocycles. The molecule has 2 nitrogen and oxygen atoms in total. The summed E-state index contributed by atoms with van der Waals surface area (Å²) in [7, 11) is 0. The Morgan fingerprint density at radius 1 is 1.00 bits per heavy atom. The van der Waals surface area contributed by atoms with Gasteiger partial charge in [-0.15, -0.1) is 12.4 Å². The summed E-state index contributed by atoms with van der Waals surface area (Å²) < 4.78 is 89.0. The van der Waals surface area contributed by atoms with Gasteiger partial charge in [0.05, 0.1) is 0 Å². The van der Waals surface area contributed by atoms with Crippen molar-refractivity contribution in [2.24, 2.45) is 5.73 Å². The van der Waals surface area contributed by atoms with Gasteiger partial charge in [0.2, 0.25) is 0 Å². The number of hydrogen-bond donors (Lipinski definition) is 1. The summed E-state index contributed by atoms with van der Waals surface area (Å²) in [5.41, 5.74) is 5.78. The van der Waals surface area contributed by atoms with Gasteiger partial charge in [0.25, 0.3) is 0 Å². The summed E-state index contributed by atoms with van der Waals surface area (Å²) in [5, 5.41) is 0. The average Bonchev–Trinajstić information content (AvgIpc) is 2.35. The summed E-state index contributed by atoms with van der Waals surface area (Å²) in [5.74, 6) is -0.535. The van der Waals surface area contributed by atoms with Crippen molar-refractivity contribution in [3.05, 3.63) is 29.8 Å². The standard InChI is InChI=1S/C12H12F7NO.ClH/c13-10(14)12(18,19)21-8-3-1-7(2-4-8)9(20)5-6-11(15,16)17;/h1-4,9-10H,5-6,20H2;1H/t9-;/m1./s1. The van der Waals surface area contributed by atoms with Gasteiger partial charge in [-0.1, -0.05) is 12.1 Å². The fourth-order valence-corrected chi connectivity index (χ4v) is 1.47. The second-order valence-corrected chi connectivity index (χ2v) is 4.29. The van der Waals surface area contributed by atoms with E-state index in [4.69, 9.17) is 5.73 Å². The van der Waals surface area contributed by atoms with Gasteiger partial charge < -0.3 is 10.5 Å². The number of hydrogen-bond acceptors (Lipinski definition) is 2. The van der Waals surface area contributed by atoms with E-state index < -0.39 is 36.9 Å². The van der Waals surface area contributed by atoms with E-state index >= 15 is 0 Å². The number of nitrogens with two attached hydrogens (primary N) is 1. The first-order valence-corrected chi connectivity index (χ1v) is 5.78. The molecule has 0 fully saturated rings. The Kier molecular flexibility index (Phi) is 7.43. The van der Waals surface area contributed by atoms with Crippen molar-refractivity contribution in [2.45, 2.75) is 37.6 Å². The fraction of sp³-hybridized carbons (Fsp3) is 0.500. The third-order valence-electron chi connectivity index (χ3n) is 2.56. The normalized spacial score (nSPS) is 13.7. The molecule has 0 radical (unpaired) electrons. The van der Waals surface area contributed by atoms with Crippen molar-refractivity contribution in [1.82, 2.24) is 0 Å². The van der Waals surface area contributed by atoms with Crippen LogP contribution in [-0.4, -0.2) is 18.7 Å². The Morgan fingerprint density at radius 2 is 1.50 bits per heavy atom. The highest BCUT2D eigenvalue weighted by molar-refractivity contribution is 5.85. The lowest BCUT2D eigenvalue weighted by molar-refractivity contribution is -0.253. The zero-order valence-corrected chi connectivity index (χ0v) is 11.7. The van der Waals surface area contributed by atoms with Gasteiger partial charge >= 0.3 is 18.7 Å². The number of alkyl halides is 7. The molecule has 22 heavy (non-hydrogen) atoms. The molecule has 10 heteroatoms. The molecule has 0 unspecified atom stereocenters. The number of ether oxygens (including phenoxy) is 1. The quantitative estimate of drug-likeness (QED) is 0.751. The molecule has 1 atom stereocenters. The third-order valence-corrected chi connectivity index (χ3v) is 2.56. The lowest BCUT2D eigenvalue weighted by Gasteiger charge is -2.18. The zero-order chi connectivity index (χ0) is 16.3. The molecule has 0 aromatic heterocycles. The minimum atomic E-state index is -4.64. The maximum Gasteiger partial charge on any atom is 0.461 e. The lowest BCUT2D eigenvalue weighted by Crippen LogP contribution is -2.33. The predicted octanol–water partition coefficient (Wildman–Crippen LogP) is 4.69. The molecule has 0 saturated carbocycles. The summed E-state index contributed by atoms with van der Waals surface area (Å²) in [6, 6.07) is 3.24. The molecule has 1 rings (SSSR count). The van der Waals surface area contributed by atoms with E-state index in [1.807, 2.05) is 0 Å². The first kappa shape index (κ1) is 20.8. The summed E-state index contributed by atoms with van der Waals surface area (Å²) in [4.78, 5) is 0. The molecule has 0 bridgehead atoms. The van der Waals surface area contributed by atoms with E-state index in [-0.39, 0.29) is 24.4 Å². The Balaban J connectivity index is 0.00000441. The summed E-state index contributed by atoms with van der Waals surface area (Å²) in [6.07, 6.45) is -14.4. The Bertz CT molecular complexity index is 450. The third kappa shape index (κ3) is 6.69. The van der Waals surface area contributed by atoms with Crippen LogP contribution in [0.25, 0.3) is 0 Å².